The second-order valence-electron chi connectivity index (χ2n) is 7.63. The number of nitrogens with one attached hydrogen (secondary N) is 1. The van der Waals surface area contributed by atoms with Crippen molar-refractivity contribution in [2.45, 2.75) is 12.1 Å². The molecule has 3 heterocycles. The van der Waals surface area contributed by atoms with Crippen LogP contribution in [0.2, 0.25) is 5.02 Å². The van der Waals surface area contributed by atoms with E-state index >= 15 is 0 Å². The van der Waals surface area contributed by atoms with Crippen LogP contribution in [0.4, 0.5) is 5.95 Å². The SMILES string of the molecule is Clc1ccc2c(c1)C1=C([C@H](c3cccc(Br)c3)O2)[C@@H](c2ccc(Br)cc2)n2ncnc2N1. The summed E-state index contributed by atoms with van der Waals surface area (Å²) >= 11 is 13.5. The number of nitrogens with zero attached hydrogens (tertiary/aromatic N) is 3. The zero-order valence-corrected chi connectivity index (χ0v) is 20.4. The zero-order valence-electron chi connectivity index (χ0n) is 16.5. The van der Waals surface area contributed by atoms with Crippen molar-refractivity contribution in [3.05, 3.63) is 109 Å². The van der Waals surface area contributed by atoms with Gasteiger partial charge in [0.15, 0.2) is 0 Å². The minimum absolute atomic E-state index is 0.201. The average Bonchev–Trinajstić information content (AvgIpc) is 3.26. The Labute approximate surface area is 206 Å². The van der Waals surface area contributed by atoms with Crippen LogP contribution in [0.15, 0.2) is 87.6 Å². The first-order valence-corrected chi connectivity index (χ1v) is 11.9. The molecule has 2 aliphatic rings. The molecule has 3 aromatic carbocycles. The van der Waals surface area contributed by atoms with E-state index in [2.05, 4.69) is 71.5 Å². The highest BCUT2D eigenvalue weighted by molar-refractivity contribution is 9.10. The molecule has 0 radical (unpaired) electrons. The average molecular weight is 571 g/mol. The topological polar surface area (TPSA) is 52.0 Å². The van der Waals surface area contributed by atoms with E-state index in [1.165, 1.54) is 0 Å². The molecule has 0 aliphatic carbocycles. The van der Waals surface area contributed by atoms with E-state index in [-0.39, 0.29) is 12.1 Å². The van der Waals surface area contributed by atoms with Gasteiger partial charge in [0.05, 0.1) is 5.70 Å². The third-order valence-corrected chi connectivity index (χ3v) is 6.97. The summed E-state index contributed by atoms with van der Waals surface area (Å²) in [5, 5.41) is 8.70. The van der Waals surface area contributed by atoms with Gasteiger partial charge in [0, 0.05) is 25.1 Å². The van der Waals surface area contributed by atoms with Gasteiger partial charge in [-0.2, -0.15) is 10.1 Å². The van der Waals surface area contributed by atoms with Crippen LogP contribution in [0.5, 0.6) is 5.75 Å². The Morgan fingerprint density at radius 3 is 2.59 bits per heavy atom. The molecule has 158 valence electrons. The number of aromatic nitrogens is 3. The van der Waals surface area contributed by atoms with Crippen molar-refractivity contribution in [2.24, 2.45) is 0 Å². The van der Waals surface area contributed by atoms with Crippen LogP contribution >= 0.6 is 43.5 Å². The number of hydrogen-bond donors (Lipinski definition) is 1. The van der Waals surface area contributed by atoms with Crippen LogP contribution in [0, 0.1) is 0 Å². The molecular formula is C24H15Br2ClN4O. The fraction of sp³-hybridized carbons (Fsp3) is 0.0833. The third-order valence-electron chi connectivity index (χ3n) is 5.71. The molecule has 6 rings (SSSR count). The van der Waals surface area contributed by atoms with Crippen molar-refractivity contribution in [1.82, 2.24) is 14.8 Å². The van der Waals surface area contributed by atoms with Gasteiger partial charge >= 0.3 is 0 Å². The monoisotopic (exact) mass is 568 g/mol. The second kappa shape index (κ2) is 7.76. The van der Waals surface area contributed by atoms with Gasteiger partial charge in [-0.05, 0) is 53.6 Å². The number of ether oxygens (including phenoxy) is 1. The molecule has 0 saturated heterocycles. The Morgan fingerprint density at radius 1 is 0.938 bits per heavy atom. The zero-order chi connectivity index (χ0) is 21.8. The van der Waals surface area contributed by atoms with Crippen molar-refractivity contribution < 1.29 is 4.74 Å². The van der Waals surface area contributed by atoms with E-state index in [0.29, 0.717) is 11.0 Å². The van der Waals surface area contributed by atoms with Crippen molar-refractivity contribution >= 4 is 55.1 Å². The van der Waals surface area contributed by atoms with Crippen molar-refractivity contribution in [2.75, 3.05) is 5.32 Å². The first kappa shape index (κ1) is 20.0. The summed E-state index contributed by atoms with van der Waals surface area (Å²) in [7, 11) is 0. The molecule has 0 fully saturated rings. The molecule has 0 bridgehead atoms. The summed E-state index contributed by atoms with van der Waals surface area (Å²) in [6.45, 7) is 0. The lowest BCUT2D eigenvalue weighted by Gasteiger charge is -2.39. The highest BCUT2D eigenvalue weighted by atomic mass is 79.9. The number of halogens is 3. The maximum atomic E-state index is 6.62. The number of hydrogen-bond acceptors (Lipinski definition) is 4. The fourth-order valence-electron chi connectivity index (χ4n) is 4.35. The van der Waals surface area contributed by atoms with Gasteiger partial charge in [0.25, 0.3) is 0 Å². The minimum Gasteiger partial charge on any atom is -0.480 e. The van der Waals surface area contributed by atoms with Crippen LogP contribution in [-0.2, 0) is 0 Å². The van der Waals surface area contributed by atoms with Gasteiger partial charge in [0.1, 0.15) is 24.2 Å². The van der Waals surface area contributed by atoms with Crippen LogP contribution < -0.4 is 10.1 Å². The molecule has 5 nitrogen and oxygen atoms in total. The maximum absolute atomic E-state index is 6.62. The molecular weight excluding hydrogens is 556 g/mol. The molecule has 0 spiro atoms. The predicted octanol–water partition coefficient (Wildman–Crippen LogP) is 7.02. The lowest BCUT2D eigenvalue weighted by Crippen LogP contribution is -2.32. The summed E-state index contributed by atoms with van der Waals surface area (Å²) in [5.74, 6) is 1.45. The van der Waals surface area contributed by atoms with Gasteiger partial charge in [0.2, 0.25) is 5.95 Å². The van der Waals surface area contributed by atoms with Gasteiger partial charge in [-0.1, -0.05) is 67.7 Å². The number of anilines is 1. The van der Waals surface area contributed by atoms with Crippen molar-refractivity contribution in [3.63, 3.8) is 0 Å². The first-order chi connectivity index (χ1) is 15.6. The van der Waals surface area contributed by atoms with Crippen LogP contribution in [0.1, 0.15) is 28.8 Å². The first-order valence-electron chi connectivity index (χ1n) is 9.96. The summed E-state index contributed by atoms with van der Waals surface area (Å²) in [6, 6.07) is 22.0. The molecule has 1 N–H and O–H groups in total. The standard InChI is InChI=1S/C24H15Br2ClN4O/c25-15-6-4-13(5-7-15)22-20-21(30-24-28-12-29-31(22)24)18-11-17(27)8-9-19(18)32-23(20)14-2-1-3-16(26)10-14/h1-12,22-23H,(H,28,29,30)/t22-,23+/m1/s1. The Kier molecular flexibility index (Phi) is 4.86. The fourth-order valence-corrected chi connectivity index (χ4v) is 5.21. The predicted molar refractivity (Wildman–Crippen MR) is 132 cm³/mol. The maximum Gasteiger partial charge on any atom is 0.226 e. The Balaban J connectivity index is 1.64. The van der Waals surface area contributed by atoms with Gasteiger partial charge in [-0.15, -0.1) is 0 Å². The summed E-state index contributed by atoms with van der Waals surface area (Å²) < 4.78 is 10.5. The van der Waals surface area contributed by atoms with Crippen LogP contribution in [0.3, 0.4) is 0 Å². The van der Waals surface area contributed by atoms with Gasteiger partial charge in [-0.3, -0.25) is 0 Å². The molecule has 1 aromatic heterocycles. The molecule has 32 heavy (non-hydrogen) atoms. The highest BCUT2D eigenvalue weighted by Gasteiger charge is 2.41. The second-order valence-corrected chi connectivity index (χ2v) is 9.90. The summed E-state index contributed by atoms with van der Waals surface area (Å²) in [5.41, 5.74) is 5.04. The molecule has 0 saturated carbocycles. The van der Waals surface area contributed by atoms with E-state index in [4.69, 9.17) is 16.3 Å². The van der Waals surface area contributed by atoms with E-state index in [1.807, 2.05) is 47.1 Å². The van der Waals surface area contributed by atoms with E-state index in [9.17, 15) is 0 Å². The molecule has 4 aromatic rings. The number of fused-ring (bicyclic) bond motifs is 3. The van der Waals surface area contributed by atoms with E-state index in [0.717, 1.165) is 42.7 Å². The number of rotatable bonds is 2. The largest absolute Gasteiger partial charge is 0.480 e. The van der Waals surface area contributed by atoms with Crippen LogP contribution in [0.25, 0.3) is 5.70 Å². The van der Waals surface area contributed by atoms with E-state index < -0.39 is 0 Å². The lowest BCUT2D eigenvalue weighted by atomic mass is 9.84. The van der Waals surface area contributed by atoms with Crippen LogP contribution in [-0.4, -0.2) is 14.8 Å². The third kappa shape index (κ3) is 3.27. The van der Waals surface area contributed by atoms with Gasteiger partial charge in [-0.25, -0.2) is 4.68 Å². The summed E-state index contributed by atoms with van der Waals surface area (Å²) in [4.78, 5) is 4.46. The molecule has 8 heteroatoms. The van der Waals surface area contributed by atoms with Crippen molar-refractivity contribution in [1.29, 1.82) is 0 Å². The van der Waals surface area contributed by atoms with Crippen molar-refractivity contribution in [3.8, 4) is 5.75 Å². The Hall–Kier alpha value is -2.61. The molecule has 0 unspecified atom stereocenters. The quantitative estimate of drug-likeness (QED) is 0.282. The molecule has 2 aliphatic heterocycles. The normalized spacial score (nSPS) is 18.8. The smallest absolute Gasteiger partial charge is 0.226 e. The molecule has 2 atom stereocenters. The minimum atomic E-state index is -0.324. The Bertz CT molecular complexity index is 1380. The number of benzene rings is 3. The summed E-state index contributed by atoms with van der Waals surface area (Å²) in [6.07, 6.45) is 1.25. The Morgan fingerprint density at radius 2 is 1.78 bits per heavy atom. The van der Waals surface area contributed by atoms with Gasteiger partial charge < -0.3 is 10.1 Å². The highest BCUT2D eigenvalue weighted by Crippen LogP contribution is 2.51. The molecule has 0 amide bonds. The lowest BCUT2D eigenvalue weighted by molar-refractivity contribution is 0.223. The van der Waals surface area contributed by atoms with E-state index in [1.54, 1.807) is 6.33 Å².